The summed E-state index contributed by atoms with van der Waals surface area (Å²) < 4.78 is 2.86. The normalized spacial score (nSPS) is 18.5. The molecule has 0 bridgehead atoms. The van der Waals surface area contributed by atoms with Gasteiger partial charge in [0.2, 0.25) is 0 Å². The van der Waals surface area contributed by atoms with Gasteiger partial charge in [-0.05, 0) is 55.7 Å². The Bertz CT molecular complexity index is 478. The minimum atomic E-state index is -0.692. The van der Waals surface area contributed by atoms with Gasteiger partial charge < -0.3 is 10.4 Å². The van der Waals surface area contributed by atoms with Gasteiger partial charge in [0.05, 0.1) is 21.3 Å². The lowest BCUT2D eigenvalue weighted by Crippen LogP contribution is -2.44. The molecule has 6 heteroatoms. The van der Waals surface area contributed by atoms with Crippen LogP contribution in [0.4, 0.5) is 0 Å². The summed E-state index contributed by atoms with van der Waals surface area (Å²) in [6.45, 7) is 6.26. The zero-order valence-corrected chi connectivity index (χ0v) is 13.0. The van der Waals surface area contributed by atoms with Crippen LogP contribution in [0.1, 0.15) is 31.2 Å². The van der Waals surface area contributed by atoms with E-state index >= 15 is 0 Å². The first-order valence-corrected chi connectivity index (χ1v) is 7.45. The highest BCUT2D eigenvalue weighted by Crippen LogP contribution is 2.36. The van der Waals surface area contributed by atoms with Gasteiger partial charge >= 0.3 is 5.97 Å². The number of nitrogens with zero attached hydrogens (tertiary/aromatic N) is 2. The predicted molar refractivity (Wildman–Crippen MR) is 76.2 cm³/mol. The second kappa shape index (κ2) is 5.63. The first-order valence-electron chi connectivity index (χ1n) is 6.66. The summed E-state index contributed by atoms with van der Waals surface area (Å²) in [6.07, 6.45) is 1.88. The van der Waals surface area contributed by atoms with E-state index in [-0.39, 0.29) is 0 Å². The molecule has 0 spiro atoms. The molecule has 1 aromatic heterocycles. The molecule has 1 aliphatic heterocycles. The Morgan fingerprint density at radius 3 is 2.68 bits per heavy atom. The number of hydrogen-bond donors (Lipinski definition) is 2. The quantitative estimate of drug-likeness (QED) is 0.886. The van der Waals surface area contributed by atoms with Crippen molar-refractivity contribution in [1.29, 1.82) is 0 Å². The van der Waals surface area contributed by atoms with Crippen LogP contribution in [-0.4, -0.2) is 33.9 Å². The number of carboxylic acid groups (broad SMARTS) is 1. The molecule has 0 aromatic carbocycles. The molecule has 0 saturated carbocycles. The van der Waals surface area contributed by atoms with Crippen molar-refractivity contribution < 1.29 is 9.90 Å². The molecule has 1 aliphatic rings. The number of rotatable bonds is 4. The summed E-state index contributed by atoms with van der Waals surface area (Å²) in [5.41, 5.74) is 1.27. The maximum atomic E-state index is 11.7. The Kier molecular flexibility index (Phi) is 4.30. The summed E-state index contributed by atoms with van der Waals surface area (Å²) in [5.74, 6) is -0.692. The van der Waals surface area contributed by atoms with E-state index in [4.69, 9.17) is 0 Å². The van der Waals surface area contributed by atoms with Crippen LogP contribution in [-0.2, 0) is 17.8 Å². The Morgan fingerprint density at radius 1 is 1.53 bits per heavy atom. The maximum Gasteiger partial charge on any atom is 0.310 e. The van der Waals surface area contributed by atoms with Gasteiger partial charge in [-0.3, -0.25) is 9.48 Å². The molecule has 1 fully saturated rings. The van der Waals surface area contributed by atoms with Gasteiger partial charge in [-0.1, -0.05) is 0 Å². The van der Waals surface area contributed by atoms with Crippen LogP contribution in [0.2, 0.25) is 0 Å². The van der Waals surface area contributed by atoms with Gasteiger partial charge in [-0.2, -0.15) is 5.10 Å². The van der Waals surface area contributed by atoms with Crippen LogP contribution in [0.3, 0.4) is 0 Å². The Morgan fingerprint density at radius 2 is 2.16 bits per heavy atom. The molecule has 1 aromatic rings. The van der Waals surface area contributed by atoms with Crippen molar-refractivity contribution in [2.24, 2.45) is 5.41 Å². The number of aliphatic carboxylic acids is 1. The third-order valence-electron chi connectivity index (χ3n) is 3.97. The standard InChI is InChI=1S/C13H20BrN3O2/c1-3-17-10(11(14)9(2)16-17)8-13(12(18)19)4-6-15-7-5-13/h15H,3-8H2,1-2H3,(H,18,19). The highest BCUT2D eigenvalue weighted by molar-refractivity contribution is 9.10. The Labute approximate surface area is 121 Å². The molecule has 0 amide bonds. The molecule has 0 atom stereocenters. The summed E-state index contributed by atoms with van der Waals surface area (Å²) in [4.78, 5) is 11.7. The average molecular weight is 330 g/mol. The average Bonchev–Trinajstić information content (AvgIpc) is 2.67. The summed E-state index contributed by atoms with van der Waals surface area (Å²) in [6, 6.07) is 0. The van der Waals surface area contributed by atoms with E-state index in [1.54, 1.807) is 0 Å². The number of nitrogens with one attached hydrogen (secondary N) is 1. The van der Waals surface area contributed by atoms with Crippen LogP contribution >= 0.6 is 15.9 Å². The van der Waals surface area contributed by atoms with Gasteiger partial charge in [-0.15, -0.1) is 0 Å². The van der Waals surface area contributed by atoms with Gasteiger partial charge in [0.1, 0.15) is 0 Å². The Hall–Kier alpha value is -0.880. The lowest BCUT2D eigenvalue weighted by Gasteiger charge is -2.33. The zero-order chi connectivity index (χ0) is 14.0. The summed E-state index contributed by atoms with van der Waals surface area (Å²) >= 11 is 3.55. The lowest BCUT2D eigenvalue weighted by molar-refractivity contribution is -0.150. The minimum Gasteiger partial charge on any atom is -0.481 e. The zero-order valence-electron chi connectivity index (χ0n) is 11.4. The fraction of sp³-hybridized carbons (Fsp3) is 0.692. The van der Waals surface area contributed by atoms with E-state index in [1.165, 1.54) is 0 Å². The second-order valence-corrected chi connectivity index (χ2v) is 5.97. The van der Waals surface area contributed by atoms with Gasteiger partial charge in [-0.25, -0.2) is 0 Å². The molecule has 1 saturated heterocycles. The third kappa shape index (κ3) is 2.69. The van der Waals surface area contributed by atoms with E-state index in [9.17, 15) is 9.90 Å². The Balaban J connectivity index is 2.34. The van der Waals surface area contributed by atoms with Crippen molar-refractivity contribution in [3.05, 3.63) is 15.9 Å². The third-order valence-corrected chi connectivity index (χ3v) is 5.00. The fourth-order valence-corrected chi connectivity index (χ4v) is 3.15. The van der Waals surface area contributed by atoms with E-state index in [1.807, 2.05) is 18.5 Å². The van der Waals surface area contributed by atoms with Crippen molar-refractivity contribution in [3.8, 4) is 0 Å². The largest absolute Gasteiger partial charge is 0.481 e. The van der Waals surface area contributed by atoms with Crippen molar-refractivity contribution >= 4 is 21.9 Å². The number of carboxylic acids is 1. The first-order chi connectivity index (χ1) is 9.00. The molecular weight excluding hydrogens is 310 g/mol. The molecular formula is C13H20BrN3O2. The number of carbonyl (C=O) groups is 1. The number of aryl methyl sites for hydroxylation is 2. The minimum absolute atomic E-state index is 0.541. The number of halogens is 1. The molecule has 0 radical (unpaired) electrons. The molecule has 106 valence electrons. The second-order valence-electron chi connectivity index (χ2n) is 5.17. The van der Waals surface area contributed by atoms with Crippen LogP contribution in [0.15, 0.2) is 4.47 Å². The van der Waals surface area contributed by atoms with E-state index < -0.39 is 11.4 Å². The molecule has 19 heavy (non-hydrogen) atoms. The van der Waals surface area contributed by atoms with Crippen molar-refractivity contribution in [2.75, 3.05) is 13.1 Å². The van der Waals surface area contributed by atoms with E-state index in [0.717, 1.165) is 35.5 Å². The number of piperidine rings is 1. The van der Waals surface area contributed by atoms with Gasteiger partial charge in [0.15, 0.2) is 0 Å². The predicted octanol–water partition coefficient (Wildman–Crippen LogP) is 1.97. The van der Waals surface area contributed by atoms with Gasteiger partial charge in [0.25, 0.3) is 0 Å². The highest BCUT2D eigenvalue weighted by atomic mass is 79.9. The first kappa shape index (κ1) is 14.5. The molecule has 0 aliphatic carbocycles. The highest BCUT2D eigenvalue weighted by Gasteiger charge is 2.41. The van der Waals surface area contributed by atoms with Gasteiger partial charge in [0, 0.05) is 13.0 Å². The smallest absolute Gasteiger partial charge is 0.310 e. The molecule has 2 rings (SSSR count). The summed E-state index contributed by atoms with van der Waals surface area (Å²) in [5, 5.41) is 17.3. The van der Waals surface area contributed by atoms with Crippen LogP contribution < -0.4 is 5.32 Å². The van der Waals surface area contributed by atoms with Crippen molar-refractivity contribution in [2.45, 2.75) is 39.7 Å². The molecule has 0 unspecified atom stereocenters. The van der Waals surface area contributed by atoms with Crippen LogP contribution in [0.5, 0.6) is 0 Å². The van der Waals surface area contributed by atoms with E-state index in [0.29, 0.717) is 19.3 Å². The van der Waals surface area contributed by atoms with Crippen LogP contribution in [0.25, 0.3) is 0 Å². The molecule has 2 N–H and O–H groups in total. The summed E-state index contributed by atoms with van der Waals surface area (Å²) in [7, 11) is 0. The molecule has 2 heterocycles. The van der Waals surface area contributed by atoms with Crippen molar-refractivity contribution in [1.82, 2.24) is 15.1 Å². The topological polar surface area (TPSA) is 67.2 Å². The molecule has 5 nitrogen and oxygen atoms in total. The number of hydrogen-bond acceptors (Lipinski definition) is 3. The van der Waals surface area contributed by atoms with E-state index in [2.05, 4.69) is 26.3 Å². The maximum absolute atomic E-state index is 11.7. The number of aromatic nitrogens is 2. The van der Waals surface area contributed by atoms with Crippen LogP contribution in [0, 0.1) is 12.3 Å². The lowest BCUT2D eigenvalue weighted by atomic mass is 9.75. The monoisotopic (exact) mass is 329 g/mol. The SMILES string of the molecule is CCn1nc(C)c(Br)c1CC1(C(=O)O)CCNCC1. The fourth-order valence-electron chi connectivity index (χ4n) is 2.73. The van der Waals surface area contributed by atoms with Crippen molar-refractivity contribution in [3.63, 3.8) is 0 Å².